The fourth-order valence-electron chi connectivity index (χ4n) is 4.78. The Bertz CT molecular complexity index is 1260. The van der Waals surface area contributed by atoms with Crippen LogP contribution in [0.4, 0.5) is 0 Å². The maximum atomic E-state index is 13.4. The molecule has 5 rings (SSSR count). The maximum absolute atomic E-state index is 13.4. The largest absolute Gasteiger partial charge is 0.507 e. The van der Waals surface area contributed by atoms with Gasteiger partial charge in [-0.05, 0) is 51.8 Å². The van der Waals surface area contributed by atoms with E-state index >= 15 is 0 Å². The number of phenolic OH excluding ortho intramolecular Hbond substituents is 1. The fourth-order valence-corrected chi connectivity index (χ4v) is 5.24. The van der Waals surface area contributed by atoms with E-state index in [2.05, 4.69) is 20.8 Å². The number of nitrogens with zero attached hydrogens (tertiary/aromatic N) is 2. The molecular formula is C26H27BrN2O8. The molecule has 0 aromatic heterocycles. The second kappa shape index (κ2) is 10.6. The number of phenols is 1. The number of hydrogen-bond acceptors (Lipinski definition) is 9. The maximum Gasteiger partial charge on any atom is 0.295 e. The summed E-state index contributed by atoms with van der Waals surface area (Å²) in [6.45, 7) is 4.24. The molecule has 2 saturated heterocycles. The molecule has 3 heterocycles. The van der Waals surface area contributed by atoms with Gasteiger partial charge in [-0.15, -0.1) is 0 Å². The summed E-state index contributed by atoms with van der Waals surface area (Å²) in [6.07, 6.45) is 0. The van der Waals surface area contributed by atoms with E-state index in [9.17, 15) is 19.8 Å². The van der Waals surface area contributed by atoms with Gasteiger partial charge in [0.1, 0.15) is 19.0 Å². The van der Waals surface area contributed by atoms with Crippen molar-refractivity contribution in [1.82, 2.24) is 9.80 Å². The summed E-state index contributed by atoms with van der Waals surface area (Å²) in [5, 5.41) is 21.7. The van der Waals surface area contributed by atoms with Gasteiger partial charge in [0.15, 0.2) is 23.0 Å². The van der Waals surface area contributed by atoms with Crippen LogP contribution in [0, 0.1) is 0 Å². The number of fused-ring (bicyclic) bond motifs is 1. The molecule has 3 aliphatic rings. The highest BCUT2D eigenvalue weighted by molar-refractivity contribution is 9.10. The summed E-state index contributed by atoms with van der Waals surface area (Å²) < 4.78 is 22.3. The van der Waals surface area contributed by atoms with Crippen LogP contribution in [-0.2, 0) is 14.3 Å². The van der Waals surface area contributed by atoms with Crippen molar-refractivity contribution in [3.05, 3.63) is 51.5 Å². The number of likely N-dealkylation sites (tertiary alicyclic amines) is 1. The molecule has 2 N–H and O–H groups in total. The molecule has 2 aromatic rings. The molecule has 0 aliphatic carbocycles. The molecule has 0 radical (unpaired) electrons. The van der Waals surface area contributed by atoms with Crippen molar-refractivity contribution in [2.24, 2.45) is 0 Å². The van der Waals surface area contributed by atoms with Gasteiger partial charge >= 0.3 is 0 Å². The number of aromatic hydroxyl groups is 1. The molecule has 2 fully saturated rings. The Morgan fingerprint density at radius 1 is 1.05 bits per heavy atom. The number of ether oxygens (including phenoxy) is 4. The summed E-state index contributed by atoms with van der Waals surface area (Å²) in [6, 6.07) is 7.15. The quantitative estimate of drug-likeness (QED) is 0.305. The van der Waals surface area contributed by atoms with Crippen molar-refractivity contribution in [2.45, 2.75) is 6.04 Å². The summed E-state index contributed by atoms with van der Waals surface area (Å²) in [5.74, 6) is -0.772. The van der Waals surface area contributed by atoms with Crippen LogP contribution in [0.3, 0.4) is 0 Å². The highest BCUT2D eigenvalue weighted by atomic mass is 79.9. The van der Waals surface area contributed by atoms with Gasteiger partial charge < -0.3 is 34.1 Å². The van der Waals surface area contributed by atoms with Gasteiger partial charge in [-0.3, -0.25) is 14.5 Å². The second-order valence-corrected chi connectivity index (χ2v) is 9.71. The molecular weight excluding hydrogens is 548 g/mol. The minimum Gasteiger partial charge on any atom is -0.507 e. The van der Waals surface area contributed by atoms with E-state index in [0.717, 1.165) is 13.1 Å². The zero-order valence-electron chi connectivity index (χ0n) is 20.2. The first-order chi connectivity index (χ1) is 17.9. The van der Waals surface area contributed by atoms with Gasteiger partial charge in [0.05, 0.1) is 36.4 Å². The number of halogens is 1. The first-order valence-electron chi connectivity index (χ1n) is 11.9. The molecule has 3 aliphatic heterocycles. The van der Waals surface area contributed by atoms with Crippen LogP contribution >= 0.6 is 15.9 Å². The van der Waals surface area contributed by atoms with Gasteiger partial charge in [-0.2, -0.15) is 0 Å². The molecule has 0 bridgehead atoms. The zero-order chi connectivity index (χ0) is 26.1. The number of aliphatic hydroxyl groups is 1. The number of morpholine rings is 1. The van der Waals surface area contributed by atoms with Crippen molar-refractivity contribution in [3.63, 3.8) is 0 Å². The summed E-state index contributed by atoms with van der Waals surface area (Å²) in [5.41, 5.74) is 0.773. The lowest BCUT2D eigenvalue weighted by molar-refractivity contribution is -0.140. The van der Waals surface area contributed by atoms with E-state index in [-0.39, 0.29) is 29.4 Å². The minimum absolute atomic E-state index is 0.0525. The molecule has 2 aromatic carbocycles. The molecule has 10 nitrogen and oxygen atoms in total. The molecule has 11 heteroatoms. The van der Waals surface area contributed by atoms with Crippen molar-refractivity contribution in [3.8, 4) is 23.0 Å². The van der Waals surface area contributed by atoms with Crippen LogP contribution in [0.15, 0.2) is 40.4 Å². The average Bonchev–Trinajstić information content (AvgIpc) is 3.18. The number of ketones is 1. The Labute approximate surface area is 222 Å². The van der Waals surface area contributed by atoms with Crippen LogP contribution in [0.25, 0.3) is 5.76 Å². The summed E-state index contributed by atoms with van der Waals surface area (Å²) in [7, 11) is 1.41. The van der Waals surface area contributed by atoms with Gasteiger partial charge in [-0.25, -0.2) is 0 Å². The van der Waals surface area contributed by atoms with Crippen molar-refractivity contribution in [1.29, 1.82) is 0 Å². The third-order valence-electron chi connectivity index (χ3n) is 6.70. The van der Waals surface area contributed by atoms with Gasteiger partial charge in [0.2, 0.25) is 0 Å². The summed E-state index contributed by atoms with van der Waals surface area (Å²) >= 11 is 3.33. The predicted octanol–water partition coefficient (Wildman–Crippen LogP) is 2.69. The standard InChI is InChI=1S/C26H27BrN2O8/c1-34-20-14-16(12-17(27)24(20)31)22-21(23(30)15-2-3-18-19(13-15)37-11-10-36-18)25(32)26(33)29(22)5-4-28-6-8-35-9-7-28/h2-3,12-14,22,30-31H,4-11H2,1H3/b23-21+. The number of hydrogen-bond donors (Lipinski definition) is 2. The molecule has 0 spiro atoms. The number of Topliss-reactive ketones (excluding diaryl/α,β-unsaturated/α-hetero) is 1. The lowest BCUT2D eigenvalue weighted by atomic mass is 9.94. The topological polar surface area (TPSA) is 118 Å². The van der Waals surface area contributed by atoms with E-state index in [0.29, 0.717) is 60.1 Å². The Morgan fingerprint density at radius 2 is 1.78 bits per heavy atom. The Morgan fingerprint density at radius 3 is 2.51 bits per heavy atom. The van der Waals surface area contributed by atoms with Crippen LogP contribution in [0.2, 0.25) is 0 Å². The highest BCUT2D eigenvalue weighted by Gasteiger charge is 2.46. The number of carbonyl (C=O) groups excluding carboxylic acids is 2. The lowest BCUT2D eigenvalue weighted by Gasteiger charge is -2.31. The van der Waals surface area contributed by atoms with E-state index in [1.807, 2.05) is 0 Å². The fraction of sp³-hybridized carbons (Fsp3) is 0.385. The number of benzene rings is 2. The normalized spacial score (nSPS) is 21.4. The van der Waals surface area contributed by atoms with Gasteiger partial charge in [-0.1, -0.05) is 0 Å². The molecule has 1 unspecified atom stereocenters. The number of aliphatic hydroxyl groups excluding tert-OH is 1. The molecule has 196 valence electrons. The summed E-state index contributed by atoms with van der Waals surface area (Å²) in [4.78, 5) is 30.3. The third-order valence-corrected chi connectivity index (χ3v) is 7.31. The smallest absolute Gasteiger partial charge is 0.295 e. The SMILES string of the molecule is COc1cc(C2/C(=C(\O)c3ccc4c(c3)OCCO4)C(=O)C(=O)N2CCN2CCOCC2)cc(Br)c1O. The number of methoxy groups -OCH3 is 1. The third kappa shape index (κ3) is 4.86. The van der Waals surface area contributed by atoms with Crippen LogP contribution in [-0.4, -0.2) is 91.4 Å². The minimum atomic E-state index is -0.903. The number of carbonyl (C=O) groups is 2. The second-order valence-electron chi connectivity index (χ2n) is 8.86. The van der Waals surface area contributed by atoms with Crippen LogP contribution in [0.1, 0.15) is 17.2 Å². The lowest BCUT2D eigenvalue weighted by Crippen LogP contribution is -2.42. The number of rotatable bonds is 6. The van der Waals surface area contributed by atoms with Crippen molar-refractivity contribution in [2.75, 3.05) is 59.7 Å². The zero-order valence-corrected chi connectivity index (χ0v) is 21.8. The first-order valence-corrected chi connectivity index (χ1v) is 12.7. The average molecular weight is 575 g/mol. The molecule has 37 heavy (non-hydrogen) atoms. The molecule has 1 amide bonds. The van der Waals surface area contributed by atoms with Crippen LogP contribution in [0.5, 0.6) is 23.0 Å². The Hall–Kier alpha value is -3.28. The van der Waals surface area contributed by atoms with Gasteiger partial charge in [0, 0.05) is 31.7 Å². The monoisotopic (exact) mass is 574 g/mol. The predicted molar refractivity (Wildman–Crippen MR) is 136 cm³/mol. The first kappa shape index (κ1) is 25.4. The Kier molecular flexibility index (Phi) is 7.27. The highest BCUT2D eigenvalue weighted by Crippen LogP contribution is 2.45. The van der Waals surface area contributed by atoms with Crippen LogP contribution < -0.4 is 14.2 Å². The van der Waals surface area contributed by atoms with Crippen molar-refractivity contribution < 1.29 is 38.7 Å². The van der Waals surface area contributed by atoms with Crippen molar-refractivity contribution >= 4 is 33.4 Å². The molecule has 0 saturated carbocycles. The van der Waals surface area contributed by atoms with Gasteiger partial charge in [0.25, 0.3) is 11.7 Å². The Balaban J connectivity index is 1.59. The van der Waals surface area contributed by atoms with E-state index in [1.54, 1.807) is 30.3 Å². The van der Waals surface area contributed by atoms with E-state index in [1.165, 1.54) is 12.0 Å². The number of amides is 1. The molecule has 1 atom stereocenters. The van der Waals surface area contributed by atoms with E-state index < -0.39 is 17.7 Å². The van der Waals surface area contributed by atoms with E-state index in [4.69, 9.17) is 18.9 Å².